The first-order chi connectivity index (χ1) is 9.70. The van der Waals surface area contributed by atoms with Crippen LogP contribution in [0.2, 0.25) is 0 Å². The Hall–Kier alpha value is -2.56. The van der Waals surface area contributed by atoms with Crippen LogP contribution in [0.5, 0.6) is 0 Å². The van der Waals surface area contributed by atoms with Crippen LogP contribution in [0.15, 0.2) is 47.1 Å². The Kier molecular flexibility index (Phi) is 4.55. The van der Waals surface area contributed by atoms with Gasteiger partial charge in [0.2, 0.25) is 5.91 Å². The maximum Gasteiger partial charge on any atom is 0.253 e. The van der Waals surface area contributed by atoms with Crippen molar-refractivity contribution in [3.63, 3.8) is 0 Å². The summed E-state index contributed by atoms with van der Waals surface area (Å²) in [7, 11) is 0. The summed E-state index contributed by atoms with van der Waals surface area (Å²) in [5, 5.41) is 5.46. The molecule has 0 saturated heterocycles. The number of hydrogen-bond acceptors (Lipinski definition) is 3. The summed E-state index contributed by atoms with van der Waals surface area (Å²) in [5.74, 6) is 0.290. The fraction of sp³-hybridized carbons (Fsp3) is 0.200. The van der Waals surface area contributed by atoms with E-state index in [0.29, 0.717) is 30.0 Å². The Morgan fingerprint density at radius 3 is 2.65 bits per heavy atom. The second-order valence-electron chi connectivity index (χ2n) is 4.21. The second kappa shape index (κ2) is 6.56. The van der Waals surface area contributed by atoms with E-state index in [9.17, 15) is 9.59 Å². The number of anilines is 1. The zero-order chi connectivity index (χ0) is 14.4. The highest BCUT2D eigenvalue weighted by molar-refractivity contribution is 6.03. The minimum Gasteiger partial charge on any atom is -0.467 e. The number of nitrogens with one attached hydrogen (secondary N) is 2. The largest absolute Gasteiger partial charge is 0.467 e. The highest BCUT2D eigenvalue weighted by Crippen LogP contribution is 2.15. The van der Waals surface area contributed by atoms with Crippen LogP contribution in [0.25, 0.3) is 0 Å². The van der Waals surface area contributed by atoms with Gasteiger partial charge in [0.1, 0.15) is 5.76 Å². The van der Waals surface area contributed by atoms with Crippen LogP contribution < -0.4 is 10.6 Å². The van der Waals surface area contributed by atoms with Gasteiger partial charge in [-0.15, -0.1) is 0 Å². The summed E-state index contributed by atoms with van der Waals surface area (Å²) in [5.41, 5.74) is 0.942. The fourth-order valence-corrected chi connectivity index (χ4v) is 1.70. The van der Waals surface area contributed by atoms with Gasteiger partial charge in [-0.25, -0.2) is 0 Å². The van der Waals surface area contributed by atoms with Crippen molar-refractivity contribution in [2.24, 2.45) is 0 Å². The maximum absolute atomic E-state index is 12.1. The van der Waals surface area contributed by atoms with E-state index in [1.54, 1.807) is 49.6 Å². The molecule has 2 N–H and O–H groups in total. The summed E-state index contributed by atoms with van der Waals surface area (Å²) in [6, 6.07) is 10.4. The van der Waals surface area contributed by atoms with Crippen LogP contribution >= 0.6 is 0 Å². The molecular formula is C15H16N2O3. The van der Waals surface area contributed by atoms with E-state index in [0.717, 1.165) is 0 Å². The van der Waals surface area contributed by atoms with Crippen LogP contribution in [0.1, 0.15) is 29.5 Å². The van der Waals surface area contributed by atoms with E-state index in [2.05, 4.69) is 10.6 Å². The van der Waals surface area contributed by atoms with Gasteiger partial charge in [0.15, 0.2) is 0 Å². The summed E-state index contributed by atoms with van der Waals surface area (Å²) in [6.07, 6.45) is 1.92. The zero-order valence-electron chi connectivity index (χ0n) is 11.2. The van der Waals surface area contributed by atoms with Crippen molar-refractivity contribution in [1.29, 1.82) is 0 Å². The van der Waals surface area contributed by atoms with E-state index in [1.807, 2.05) is 0 Å². The van der Waals surface area contributed by atoms with Gasteiger partial charge < -0.3 is 15.1 Å². The highest BCUT2D eigenvalue weighted by atomic mass is 16.3. The van der Waals surface area contributed by atoms with Crippen LogP contribution in [-0.2, 0) is 11.3 Å². The molecule has 0 fully saturated rings. The number of amides is 2. The maximum atomic E-state index is 12.1. The van der Waals surface area contributed by atoms with Crippen LogP contribution in [0, 0.1) is 0 Å². The monoisotopic (exact) mass is 272 g/mol. The number of rotatable bonds is 5. The molecule has 0 aliphatic carbocycles. The smallest absolute Gasteiger partial charge is 0.253 e. The molecule has 1 aromatic heterocycles. The number of carbonyl (C=O) groups is 2. The molecule has 2 aromatic rings. The fourth-order valence-electron chi connectivity index (χ4n) is 1.70. The summed E-state index contributed by atoms with van der Waals surface area (Å²) < 4.78 is 5.15. The summed E-state index contributed by atoms with van der Waals surface area (Å²) in [4.78, 5) is 23.6. The van der Waals surface area contributed by atoms with Crippen LogP contribution in [-0.4, -0.2) is 11.8 Å². The van der Waals surface area contributed by atoms with Gasteiger partial charge in [0.25, 0.3) is 5.91 Å². The molecule has 0 spiro atoms. The van der Waals surface area contributed by atoms with Crippen molar-refractivity contribution in [2.45, 2.75) is 19.9 Å². The lowest BCUT2D eigenvalue weighted by molar-refractivity contribution is -0.115. The number of benzene rings is 1. The van der Waals surface area contributed by atoms with Crippen molar-refractivity contribution >= 4 is 17.5 Å². The molecule has 2 rings (SSSR count). The van der Waals surface area contributed by atoms with E-state index >= 15 is 0 Å². The van der Waals surface area contributed by atoms with E-state index in [1.165, 1.54) is 0 Å². The predicted octanol–water partition coefficient (Wildman–Crippen LogP) is 2.56. The molecule has 0 atom stereocenters. The van der Waals surface area contributed by atoms with E-state index in [4.69, 9.17) is 4.42 Å². The van der Waals surface area contributed by atoms with Crippen molar-refractivity contribution in [3.8, 4) is 0 Å². The average Bonchev–Trinajstić information content (AvgIpc) is 2.98. The summed E-state index contributed by atoms with van der Waals surface area (Å²) in [6.45, 7) is 2.07. The third kappa shape index (κ3) is 3.47. The minimum absolute atomic E-state index is 0.128. The Bertz CT molecular complexity index is 591. The molecule has 20 heavy (non-hydrogen) atoms. The van der Waals surface area contributed by atoms with Gasteiger partial charge in [0.05, 0.1) is 24.1 Å². The van der Waals surface area contributed by atoms with Crippen LogP contribution in [0.4, 0.5) is 5.69 Å². The van der Waals surface area contributed by atoms with Crippen LogP contribution in [0.3, 0.4) is 0 Å². The Morgan fingerprint density at radius 2 is 1.95 bits per heavy atom. The van der Waals surface area contributed by atoms with E-state index in [-0.39, 0.29) is 11.8 Å². The van der Waals surface area contributed by atoms with Gasteiger partial charge in [-0.1, -0.05) is 19.1 Å². The molecule has 104 valence electrons. The lowest BCUT2D eigenvalue weighted by atomic mass is 10.1. The van der Waals surface area contributed by atoms with Crippen molar-refractivity contribution in [3.05, 3.63) is 54.0 Å². The van der Waals surface area contributed by atoms with Gasteiger partial charge in [0, 0.05) is 6.42 Å². The topological polar surface area (TPSA) is 71.3 Å². The molecule has 5 heteroatoms. The highest BCUT2D eigenvalue weighted by Gasteiger charge is 2.12. The molecule has 0 unspecified atom stereocenters. The molecule has 0 aliphatic rings. The standard InChI is InChI=1S/C15H16N2O3/c1-2-14(18)17-13-8-4-3-7-12(13)15(19)16-10-11-6-5-9-20-11/h3-9H,2,10H2,1H3,(H,16,19)(H,17,18). The van der Waals surface area contributed by atoms with Crippen molar-refractivity contribution in [2.75, 3.05) is 5.32 Å². The Balaban J connectivity index is 2.07. The van der Waals surface area contributed by atoms with Gasteiger partial charge in [-0.05, 0) is 24.3 Å². The minimum atomic E-state index is -0.256. The molecule has 0 radical (unpaired) electrons. The zero-order valence-corrected chi connectivity index (χ0v) is 11.2. The van der Waals surface area contributed by atoms with Gasteiger partial charge in [-0.3, -0.25) is 9.59 Å². The molecule has 0 bridgehead atoms. The second-order valence-corrected chi connectivity index (χ2v) is 4.21. The first-order valence-corrected chi connectivity index (χ1v) is 6.40. The van der Waals surface area contributed by atoms with Crippen molar-refractivity contribution < 1.29 is 14.0 Å². The molecule has 2 amide bonds. The van der Waals surface area contributed by atoms with Gasteiger partial charge in [-0.2, -0.15) is 0 Å². The first kappa shape index (κ1) is 13.9. The lowest BCUT2D eigenvalue weighted by Crippen LogP contribution is -2.24. The molecule has 0 saturated carbocycles. The molecular weight excluding hydrogens is 256 g/mol. The van der Waals surface area contributed by atoms with Crippen molar-refractivity contribution in [1.82, 2.24) is 5.32 Å². The quantitative estimate of drug-likeness (QED) is 0.878. The third-order valence-electron chi connectivity index (χ3n) is 2.77. The molecule has 0 aliphatic heterocycles. The molecule has 1 heterocycles. The molecule has 1 aromatic carbocycles. The third-order valence-corrected chi connectivity index (χ3v) is 2.77. The normalized spacial score (nSPS) is 10.1. The first-order valence-electron chi connectivity index (χ1n) is 6.40. The molecule has 5 nitrogen and oxygen atoms in total. The average molecular weight is 272 g/mol. The SMILES string of the molecule is CCC(=O)Nc1ccccc1C(=O)NCc1ccco1. The number of para-hydroxylation sites is 1. The summed E-state index contributed by atoms with van der Waals surface area (Å²) >= 11 is 0. The number of carbonyl (C=O) groups excluding carboxylic acids is 2. The Morgan fingerprint density at radius 1 is 1.15 bits per heavy atom. The predicted molar refractivity (Wildman–Crippen MR) is 75.2 cm³/mol. The Labute approximate surface area is 117 Å². The number of hydrogen-bond donors (Lipinski definition) is 2. The lowest BCUT2D eigenvalue weighted by Gasteiger charge is -2.10. The number of furan rings is 1. The van der Waals surface area contributed by atoms with E-state index < -0.39 is 0 Å². The van der Waals surface area contributed by atoms with Gasteiger partial charge >= 0.3 is 0 Å².